The number of ether oxygens (including phenoxy) is 1. The van der Waals surface area contributed by atoms with Crippen LogP contribution in [0, 0.1) is 0 Å². The van der Waals surface area contributed by atoms with Crippen LogP contribution in [-0.4, -0.2) is 27.0 Å². The fourth-order valence-corrected chi connectivity index (χ4v) is 4.19. The zero-order valence-electron chi connectivity index (χ0n) is 14.3. The van der Waals surface area contributed by atoms with Crippen molar-refractivity contribution < 1.29 is 4.74 Å². The van der Waals surface area contributed by atoms with E-state index in [2.05, 4.69) is 30.7 Å². The Labute approximate surface area is 151 Å². The van der Waals surface area contributed by atoms with E-state index in [1.165, 1.54) is 6.33 Å². The lowest BCUT2D eigenvalue weighted by molar-refractivity contribution is 0.264. The molecule has 2 aromatic heterocycles. The van der Waals surface area contributed by atoms with Crippen molar-refractivity contribution >= 4 is 40.1 Å². The van der Waals surface area contributed by atoms with Crippen LogP contribution < -0.4 is 5.73 Å². The van der Waals surface area contributed by atoms with Gasteiger partial charge in [-0.15, -0.1) is 11.6 Å². The highest BCUT2D eigenvalue weighted by Crippen LogP contribution is 2.45. The van der Waals surface area contributed by atoms with E-state index >= 15 is 0 Å². The molecule has 3 rings (SSSR count). The van der Waals surface area contributed by atoms with Crippen molar-refractivity contribution in [2.75, 3.05) is 12.8 Å². The Morgan fingerprint density at radius 3 is 2.67 bits per heavy atom. The first-order chi connectivity index (χ1) is 11.3. The molecule has 0 saturated heterocycles. The van der Waals surface area contributed by atoms with Crippen LogP contribution in [-0.2, 0) is 10.3 Å². The number of nitrogens with zero attached hydrogens (tertiary/aromatic N) is 3. The van der Waals surface area contributed by atoms with Gasteiger partial charge in [-0.05, 0) is 33.3 Å². The van der Waals surface area contributed by atoms with Gasteiger partial charge < -0.3 is 15.0 Å². The molecule has 2 aromatic rings. The number of halogens is 2. The van der Waals surface area contributed by atoms with Crippen LogP contribution in [0.2, 0.25) is 5.15 Å². The smallest absolute Gasteiger partial charge is 0.147 e. The summed E-state index contributed by atoms with van der Waals surface area (Å²) in [6, 6.07) is 0. The van der Waals surface area contributed by atoms with E-state index in [1.54, 1.807) is 7.11 Å². The normalized spacial score (nSPS) is 21.8. The van der Waals surface area contributed by atoms with Crippen molar-refractivity contribution in [3.8, 4) is 0 Å². The molecule has 2 N–H and O–H groups in total. The minimum Gasteiger partial charge on any atom is -0.501 e. The van der Waals surface area contributed by atoms with Gasteiger partial charge in [-0.25, -0.2) is 9.97 Å². The standard InChI is InChI=1S/C17H22Cl2N4O/c1-17(2,3)23-14(19)12(13-15(20)21-8-22-16(13)23)10-7-9(24-4)5-6-11(10)18/h7-8,10-11H,5-6H2,1-4H3,(H2,20,21,22)/t10-,11+/m1/s1. The van der Waals surface area contributed by atoms with Crippen molar-refractivity contribution in [2.45, 2.75) is 50.4 Å². The molecule has 0 fully saturated rings. The fraction of sp³-hybridized carbons (Fsp3) is 0.529. The maximum atomic E-state index is 6.81. The Morgan fingerprint density at radius 2 is 2.04 bits per heavy atom. The van der Waals surface area contributed by atoms with Crippen LogP contribution in [0.15, 0.2) is 18.2 Å². The van der Waals surface area contributed by atoms with Gasteiger partial charge >= 0.3 is 0 Å². The molecule has 0 aliphatic heterocycles. The number of aromatic nitrogens is 3. The summed E-state index contributed by atoms with van der Waals surface area (Å²) in [5.74, 6) is 1.24. The quantitative estimate of drug-likeness (QED) is 0.795. The molecule has 2 heterocycles. The van der Waals surface area contributed by atoms with Crippen molar-refractivity contribution in [1.29, 1.82) is 0 Å². The van der Waals surface area contributed by atoms with Crippen LogP contribution in [0.5, 0.6) is 0 Å². The summed E-state index contributed by atoms with van der Waals surface area (Å²) in [7, 11) is 1.68. The SMILES string of the molecule is COC1=C[C@@H](c2c(Cl)n(C(C)(C)C)c3ncnc(N)c23)[C@@H](Cl)CC1. The Hall–Kier alpha value is -1.46. The van der Waals surface area contributed by atoms with Crippen LogP contribution >= 0.6 is 23.2 Å². The number of hydrogen-bond donors (Lipinski definition) is 1. The molecule has 0 unspecified atom stereocenters. The Morgan fingerprint density at radius 1 is 1.33 bits per heavy atom. The molecule has 0 radical (unpaired) electrons. The third-order valence-electron chi connectivity index (χ3n) is 4.44. The van der Waals surface area contributed by atoms with Gasteiger partial charge in [-0.3, -0.25) is 0 Å². The molecule has 1 aliphatic rings. The number of nitrogen functional groups attached to an aromatic ring is 1. The number of fused-ring (bicyclic) bond motifs is 1. The molecule has 2 atom stereocenters. The summed E-state index contributed by atoms with van der Waals surface area (Å²) in [4.78, 5) is 8.60. The average molecular weight is 369 g/mol. The molecular formula is C17H22Cl2N4O. The highest BCUT2D eigenvalue weighted by Gasteiger charge is 2.34. The third kappa shape index (κ3) is 2.74. The predicted molar refractivity (Wildman–Crippen MR) is 98.7 cm³/mol. The molecule has 24 heavy (non-hydrogen) atoms. The second-order valence-electron chi connectivity index (χ2n) is 7.09. The number of rotatable bonds is 2. The van der Waals surface area contributed by atoms with E-state index in [0.29, 0.717) is 11.0 Å². The molecule has 130 valence electrons. The summed E-state index contributed by atoms with van der Waals surface area (Å²) >= 11 is 13.4. The van der Waals surface area contributed by atoms with E-state index in [-0.39, 0.29) is 16.8 Å². The molecule has 0 aromatic carbocycles. The van der Waals surface area contributed by atoms with Gasteiger partial charge in [0.05, 0.1) is 18.3 Å². The third-order valence-corrected chi connectivity index (χ3v) is 5.31. The molecule has 0 amide bonds. The number of hydrogen-bond acceptors (Lipinski definition) is 4. The molecule has 7 heteroatoms. The van der Waals surface area contributed by atoms with Gasteiger partial charge in [0, 0.05) is 28.8 Å². The van der Waals surface area contributed by atoms with Crippen molar-refractivity contribution in [1.82, 2.24) is 14.5 Å². The number of anilines is 1. The summed E-state index contributed by atoms with van der Waals surface area (Å²) in [5.41, 5.74) is 7.55. The minimum atomic E-state index is -0.251. The Bertz CT molecular complexity index is 807. The topological polar surface area (TPSA) is 66.0 Å². The molecule has 0 bridgehead atoms. The van der Waals surface area contributed by atoms with Crippen LogP contribution in [0.1, 0.15) is 45.1 Å². The van der Waals surface area contributed by atoms with Gasteiger partial charge in [-0.1, -0.05) is 11.6 Å². The first kappa shape index (κ1) is 17.4. The average Bonchev–Trinajstić information content (AvgIpc) is 2.81. The fourth-order valence-electron chi connectivity index (χ4n) is 3.33. The summed E-state index contributed by atoms with van der Waals surface area (Å²) in [5, 5.41) is 1.30. The van der Waals surface area contributed by atoms with Crippen molar-refractivity contribution in [3.05, 3.63) is 28.9 Å². The lowest BCUT2D eigenvalue weighted by Crippen LogP contribution is -2.23. The van der Waals surface area contributed by atoms with Crippen LogP contribution in [0.3, 0.4) is 0 Å². The van der Waals surface area contributed by atoms with E-state index in [9.17, 15) is 0 Å². The first-order valence-electron chi connectivity index (χ1n) is 7.95. The van der Waals surface area contributed by atoms with Gasteiger partial charge in [0.2, 0.25) is 0 Å². The van der Waals surface area contributed by atoms with E-state index < -0.39 is 0 Å². The zero-order valence-corrected chi connectivity index (χ0v) is 15.8. The molecule has 0 spiro atoms. The van der Waals surface area contributed by atoms with Crippen molar-refractivity contribution in [2.24, 2.45) is 0 Å². The maximum Gasteiger partial charge on any atom is 0.147 e. The summed E-state index contributed by atoms with van der Waals surface area (Å²) in [6.45, 7) is 6.24. The van der Waals surface area contributed by atoms with Crippen molar-refractivity contribution in [3.63, 3.8) is 0 Å². The predicted octanol–water partition coefficient (Wildman–Crippen LogP) is 4.44. The summed E-state index contributed by atoms with van der Waals surface area (Å²) < 4.78 is 7.43. The van der Waals surface area contributed by atoms with E-state index in [4.69, 9.17) is 33.7 Å². The Kier molecular flexibility index (Phi) is 4.43. The van der Waals surface area contributed by atoms with Gasteiger partial charge in [0.25, 0.3) is 0 Å². The molecular weight excluding hydrogens is 347 g/mol. The number of methoxy groups -OCH3 is 1. The highest BCUT2D eigenvalue weighted by atomic mass is 35.5. The lowest BCUT2D eigenvalue weighted by Gasteiger charge is -2.27. The zero-order chi connectivity index (χ0) is 17.6. The first-order valence-corrected chi connectivity index (χ1v) is 8.76. The van der Waals surface area contributed by atoms with Gasteiger partial charge in [0.1, 0.15) is 22.9 Å². The van der Waals surface area contributed by atoms with Crippen LogP contribution in [0.4, 0.5) is 5.82 Å². The second-order valence-corrected chi connectivity index (χ2v) is 8.00. The monoisotopic (exact) mass is 368 g/mol. The molecule has 5 nitrogen and oxygen atoms in total. The largest absolute Gasteiger partial charge is 0.501 e. The Balaban J connectivity index is 2.34. The molecule has 1 aliphatic carbocycles. The lowest BCUT2D eigenvalue weighted by atomic mass is 9.88. The number of allylic oxidation sites excluding steroid dienone is 2. The number of nitrogens with two attached hydrogens (primary N) is 1. The maximum absolute atomic E-state index is 6.81. The molecule has 0 saturated carbocycles. The van der Waals surface area contributed by atoms with Gasteiger partial charge in [0.15, 0.2) is 0 Å². The second kappa shape index (κ2) is 6.12. The summed E-state index contributed by atoms with van der Waals surface area (Å²) in [6.07, 6.45) is 5.15. The minimum absolute atomic E-state index is 0.0833. The van der Waals surface area contributed by atoms with Crippen LogP contribution in [0.25, 0.3) is 11.0 Å². The van der Waals surface area contributed by atoms with E-state index in [1.807, 2.05) is 10.6 Å². The highest BCUT2D eigenvalue weighted by molar-refractivity contribution is 6.32. The van der Waals surface area contributed by atoms with Gasteiger partial charge in [-0.2, -0.15) is 0 Å². The number of alkyl halides is 1. The van der Waals surface area contributed by atoms with E-state index in [0.717, 1.165) is 35.2 Å².